The van der Waals surface area contributed by atoms with Crippen molar-refractivity contribution in [1.82, 2.24) is 4.90 Å². The van der Waals surface area contributed by atoms with Crippen molar-refractivity contribution in [3.8, 4) is 0 Å². The van der Waals surface area contributed by atoms with Crippen molar-refractivity contribution < 1.29 is 4.79 Å². The van der Waals surface area contributed by atoms with Crippen LogP contribution in [0, 0.1) is 0 Å². The Morgan fingerprint density at radius 3 is 2.41 bits per heavy atom. The third-order valence-electron chi connectivity index (χ3n) is 3.90. The van der Waals surface area contributed by atoms with Gasteiger partial charge in [0.15, 0.2) is 5.78 Å². The van der Waals surface area contributed by atoms with Crippen LogP contribution in [0.5, 0.6) is 0 Å². The number of nitrogens with zero attached hydrogens (tertiary/aromatic N) is 1. The van der Waals surface area contributed by atoms with Crippen LogP contribution < -0.4 is 0 Å². The minimum Gasteiger partial charge on any atom is -0.292 e. The highest BCUT2D eigenvalue weighted by molar-refractivity contribution is 7.98. The zero-order valence-electron chi connectivity index (χ0n) is 12.7. The Morgan fingerprint density at radius 2 is 1.73 bits per heavy atom. The molecule has 0 fully saturated rings. The molecule has 1 aliphatic rings. The number of hydrogen-bond acceptors (Lipinski definition) is 3. The van der Waals surface area contributed by atoms with E-state index in [0.717, 1.165) is 36.3 Å². The van der Waals surface area contributed by atoms with E-state index >= 15 is 0 Å². The first kappa shape index (κ1) is 15.1. The van der Waals surface area contributed by atoms with Crippen LogP contribution in [0.25, 0.3) is 0 Å². The molecular formula is C19H19NOS. The SMILES string of the molecule is CSc1ccc(C(=O)c2ccccc2CN2CC=CC2)cc1. The topological polar surface area (TPSA) is 20.3 Å². The summed E-state index contributed by atoms with van der Waals surface area (Å²) in [5.41, 5.74) is 2.67. The highest BCUT2D eigenvalue weighted by Crippen LogP contribution is 2.20. The molecule has 0 N–H and O–H groups in total. The van der Waals surface area contributed by atoms with Gasteiger partial charge >= 0.3 is 0 Å². The summed E-state index contributed by atoms with van der Waals surface area (Å²) in [6, 6.07) is 15.8. The highest BCUT2D eigenvalue weighted by atomic mass is 32.2. The summed E-state index contributed by atoms with van der Waals surface area (Å²) < 4.78 is 0. The Balaban J connectivity index is 1.84. The van der Waals surface area contributed by atoms with E-state index in [1.807, 2.05) is 48.7 Å². The Morgan fingerprint density at radius 1 is 1.05 bits per heavy atom. The van der Waals surface area contributed by atoms with Crippen LogP contribution in [0.3, 0.4) is 0 Å². The largest absolute Gasteiger partial charge is 0.292 e. The van der Waals surface area contributed by atoms with Crippen molar-refractivity contribution in [2.24, 2.45) is 0 Å². The van der Waals surface area contributed by atoms with Crippen LogP contribution in [0.2, 0.25) is 0 Å². The number of carbonyl (C=O) groups is 1. The van der Waals surface area contributed by atoms with Gasteiger partial charge in [-0.05, 0) is 36.1 Å². The fraction of sp³-hybridized carbons (Fsp3) is 0.211. The molecule has 112 valence electrons. The summed E-state index contributed by atoms with van der Waals surface area (Å²) in [5, 5.41) is 0. The third-order valence-corrected chi connectivity index (χ3v) is 4.65. The number of thioether (sulfide) groups is 1. The molecule has 0 unspecified atom stereocenters. The standard InChI is InChI=1S/C19H19NOS/c1-22-17-10-8-15(9-11-17)19(21)18-7-3-2-6-16(18)14-20-12-4-5-13-20/h2-11H,12-14H2,1H3. The normalized spacial score (nSPS) is 14.4. The van der Waals surface area contributed by atoms with Gasteiger partial charge in [-0.3, -0.25) is 9.69 Å². The molecule has 0 saturated carbocycles. The predicted octanol–water partition coefficient (Wildman–Crippen LogP) is 4.01. The molecule has 3 heteroatoms. The number of benzene rings is 2. The quantitative estimate of drug-likeness (QED) is 0.473. The van der Waals surface area contributed by atoms with Crippen molar-refractivity contribution >= 4 is 17.5 Å². The average molecular weight is 309 g/mol. The van der Waals surface area contributed by atoms with Gasteiger partial charge < -0.3 is 0 Å². The highest BCUT2D eigenvalue weighted by Gasteiger charge is 2.15. The van der Waals surface area contributed by atoms with Crippen molar-refractivity contribution in [3.05, 3.63) is 77.4 Å². The number of carbonyl (C=O) groups excluding carboxylic acids is 1. The first-order valence-electron chi connectivity index (χ1n) is 7.42. The second-order valence-corrected chi connectivity index (χ2v) is 6.26. The monoisotopic (exact) mass is 309 g/mol. The molecular weight excluding hydrogens is 290 g/mol. The first-order valence-corrected chi connectivity index (χ1v) is 8.64. The van der Waals surface area contributed by atoms with E-state index in [9.17, 15) is 4.79 Å². The lowest BCUT2D eigenvalue weighted by Gasteiger charge is -2.17. The number of hydrogen-bond donors (Lipinski definition) is 0. The Bertz CT molecular complexity index is 683. The second-order valence-electron chi connectivity index (χ2n) is 5.38. The lowest BCUT2D eigenvalue weighted by atomic mass is 9.98. The maximum Gasteiger partial charge on any atom is 0.193 e. The van der Waals surface area contributed by atoms with Crippen LogP contribution in [0.4, 0.5) is 0 Å². The van der Waals surface area contributed by atoms with Gasteiger partial charge in [0.2, 0.25) is 0 Å². The van der Waals surface area contributed by atoms with E-state index in [2.05, 4.69) is 23.1 Å². The molecule has 3 rings (SSSR count). The van der Waals surface area contributed by atoms with Crippen LogP contribution in [-0.2, 0) is 6.54 Å². The molecule has 1 heterocycles. The fourth-order valence-electron chi connectivity index (χ4n) is 2.67. The number of rotatable bonds is 5. The van der Waals surface area contributed by atoms with Gasteiger partial charge in [0, 0.05) is 35.7 Å². The molecule has 2 nitrogen and oxygen atoms in total. The molecule has 0 aromatic heterocycles. The van der Waals surface area contributed by atoms with E-state index < -0.39 is 0 Å². The summed E-state index contributed by atoms with van der Waals surface area (Å²) in [4.78, 5) is 16.3. The zero-order chi connectivity index (χ0) is 15.4. The molecule has 0 aliphatic carbocycles. The maximum absolute atomic E-state index is 12.8. The molecule has 0 bridgehead atoms. The Kier molecular flexibility index (Phi) is 4.76. The van der Waals surface area contributed by atoms with Crippen molar-refractivity contribution in [3.63, 3.8) is 0 Å². The van der Waals surface area contributed by atoms with Gasteiger partial charge in [0.25, 0.3) is 0 Å². The predicted molar refractivity (Wildman–Crippen MR) is 92.5 cm³/mol. The molecule has 0 saturated heterocycles. The van der Waals surface area contributed by atoms with E-state index in [4.69, 9.17) is 0 Å². The van der Waals surface area contributed by atoms with Gasteiger partial charge in [-0.1, -0.05) is 36.4 Å². The summed E-state index contributed by atoms with van der Waals surface area (Å²) in [7, 11) is 0. The molecule has 1 aliphatic heterocycles. The molecule has 2 aromatic carbocycles. The molecule has 0 amide bonds. The summed E-state index contributed by atoms with van der Waals surface area (Å²) in [6.45, 7) is 2.74. The molecule has 0 spiro atoms. The van der Waals surface area contributed by atoms with E-state index in [1.165, 1.54) is 4.90 Å². The third kappa shape index (κ3) is 3.32. The summed E-state index contributed by atoms with van der Waals surface area (Å²) in [5.74, 6) is 0.107. The summed E-state index contributed by atoms with van der Waals surface area (Å²) >= 11 is 1.68. The first-order chi connectivity index (χ1) is 10.8. The number of ketones is 1. The van der Waals surface area contributed by atoms with Gasteiger partial charge in [-0.25, -0.2) is 0 Å². The van der Waals surface area contributed by atoms with Crippen LogP contribution >= 0.6 is 11.8 Å². The fourth-order valence-corrected chi connectivity index (χ4v) is 3.08. The molecule has 0 radical (unpaired) electrons. The van der Waals surface area contributed by atoms with Gasteiger partial charge in [-0.2, -0.15) is 0 Å². The Hall–Kier alpha value is -1.84. The van der Waals surface area contributed by atoms with Crippen molar-refractivity contribution in [2.45, 2.75) is 11.4 Å². The van der Waals surface area contributed by atoms with Gasteiger partial charge in [0.1, 0.15) is 0 Å². The Labute approximate surface area is 135 Å². The van der Waals surface area contributed by atoms with Gasteiger partial charge in [0.05, 0.1) is 0 Å². The minimum absolute atomic E-state index is 0.107. The lowest BCUT2D eigenvalue weighted by Crippen LogP contribution is -2.21. The second kappa shape index (κ2) is 6.95. The summed E-state index contributed by atoms with van der Waals surface area (Å²) in [6.07, 6.45) is 6.38. The zero-order valence-corrected chi connectivity index (χ0v) is 13.5. The molecule has 0 atom stereocenters. The van der Waals surface area contributed by atoms with Crippen LogP contribution in [0.15, 0.2) is 65.6 Å². The van der Waals surface area contributed by atoms with E-state index in [0.29, 0.717) is 0 Å². The molecule has 2 aromatic rings. The van der Waals surface area contributed by atoms with Crippen LogP contribution in [-0.4, -0.2) is 30.0 Å². The van der Waals surface area contributed by atoms with Gasteiger partial charge in [-0.15, -0.1) is 11.8 Å². The van der Waals surface area contributed by atoms with Crippen LogP contribution in [0.1, 0.15) is 21.5 Å². The van der Waals surface area contributed by atoms with E-state index in [1.54, 1.807) is 11.8 Å². The smallest absolute Gasteiger partial charge is 0.193 e. The van der Waals surface area contributed by atoms with Crippen molar-refractivity contribution in [1.29, 1.82) is 0 Å². The van der Waals surface area contributed by atoms with Crippen molar-refractivity contribution in [2.75, 3.05) is 19.3 Å². The average Bonchev–Trinajstić information content (AvgIpc) is 3.08. The lowest BCUT2D eigenvalue weighted by molar-refractivity contribution is 0.103. The maximum atomic E-state index is 12.8. The molecule has 22 heavy (non-hydrogen) atoms. The minimum atomic E-state index is 0.107. The van der Waals surface area contributed by atoms with E-state index in [-0.39, 0.29) is 5.78 Å².